The number of ketones is 2. The molecule has 1 aromatic carbocycles. The first-order valence-electron chi connectivity index (χ1n) is 6.21. The summed E-state index contributed by atoms with van der Waals surface area (Å²) in [6.45, 7) is 3.99. The van der Waals surface area contributed by atoms with E-state index in [4.69, 9.17) is 0 Å². The molecule has 1 aromatic rings. The minimum Gasteiger partial charge on any atom is -0.300 e. The molecule has 2 rings (SSSR count). The molecule has 0 saturated heterocycles. The summed E-state index contributed by atoms with van der Waals surface area (Å²) in [4.78, 5) is 23.8. The molecule has 2 heteroatoms. The number of hydrogen-bond acceptors (Lipinski definition) is 2. The molecule has 0 heterocycles. The summed E-state index contributed by atoms with van der Waals surface area (Å²) in [5, 5.41) is 0. The first-order chi connectivity index (χ1) is 8.09. The van der Waals surface area contributed by atoms with Crippen LogP contribution in [0, 0.1) is 19.8 Å². The molecule has 1 fully saturated rings. The standard InChI is InChI=1S/C15H18O2/c1-10-5-3-8-14(11(10)2)15(17)12-6-4-7-13(16)9-12/h3,5,8,12H,4,6-7,9H2,1-2H3. The molecule has 0 aromatic heterocycles. The van der Waals surface area contributed by atoms with E-state index in [-0.39, 0.29) is 17.5 Å². The monoisotopic (exact) mass is 230 g/mol. The van der Waals surface area contributed by atoms with E-state index in [1.165, 1.54) is 0 Å². The van der Waals surface area contributed by atoms with E-state index >= 15 is 0 Å². The molecular formula is C15H18O2. The summed E-state index contributed by atoms with van der Waals surface area (Å²) in [5.41, 5.74) is 2.98. The first kappa shape index (κ1) is 12.0. The van der Waals surface area contributed by atoms with E-state index in [1.807, 2.05) is 32.0 Å². The molecule has 1 atom stereocenters. The largest absolute Gasteiger partial charge is 0.300 e. The molecule has 0 bridgehead atoms. The molecule has 0 radical (unpaired) electrons. The third-order valence-corrected chi connectivity index (χ3v) is 3.72. The lowest BCUT2D eigenvalue weighted by Gasteiger charge is -2.20. The van der Waals surface area contributed by atoms with E-state index < -0.39 is 0 Å². The smallest absolute Gasteiger partial charge is 0.166 e. The topological polar surface area (TPSA) is 34.1 Å². The number of benzene rings is 1. The average molecular weight is 230 g/mol. The summed E-state index contributed by atoms with van der Waals surface area (Å²) >= 11 is 0. The van der Waals surface area contributed by atoms with Crippen LogP contribution in [0.1, 0.15) is 47.2 Å². The van der Waals surface area contributed by atoms with Gasteiger partial charge in [-0.2, -0.15) is 0 Å². The lowest BCUT2D eigenvalue weighted by atomic mass is 9.82. The van der Waals surface area contributed by atoms with Gasteiger partial charge in [0.1, 0.15) is 5.78 Å². The molecule has 0 N–H and O–H groups in total. The van der Waals surface area contributed by atoms with E-state index in [2.05, 4.69) is 0 Å². The van der Waals surface area contributed by atoms with E-state index in [9.17, 15) is 9.59 Å². The van der Waals surface area contributed by atoms with Crippen LogP contribution in [0.15, 0.2) is 18.2 Å². The number of Topliss-reactive ketones (excluding diaryl/α,β-unsaturated/α-hetero) is 2. The quantitative estimate of drug-likeness (QED) is 0.731. The van der Waals surface area contributed by atoms with E-state index in [0.717, 1.165) is 29.5 Å². The van der Waals surface area contributed by atoms with Crippen LogP contribution in [0.3, 0.4) is 0 Å². The molecule has 1 aliphatic rings. The van der Waals surface area contributed by atoms with Gasteiger partial charge in [0, 0.05) is 24.3 Å². The second-order valence-electron chi connectivity index (χ2n) is 4.94. The fourth-order valence-corrected chi connectivity index (χ4v) is 2.49. The molecule has 1 saturated carbocycles. The highest BCUT2D eigenvalue weighted by atomic mass is 16.1. The Morgan fingerprint density at radius 3 is 2.76 bits per heavy atom. The van der Waals surface area contributed by atoms with Crippen LogP contribution in [0.4, 0.5) is 0 Å². The predicted octanol–water partition coefficient (Wildman–Crippen LogP) is 3.25. The molecule has 0 spiro atoms. The van der Waals surface area contributed by atoms with Gasteiger partial charge in [-0.05, 0) is 37.8 Å². The van der Waals surface area contributed by atoms with Gasteiger partial charge < -0.3 is 0 Å². The van der Waals surface area contributed by atoms with Crippen molar-refractivity contribution >= 4 is 11.6 Å². The summed E-state index contributed by atoms with van der Waals surface area (Å²) in [6, 6.07) is 5.81. The summed E-state index contributed by atoms with van der Waals surface area (Å²) in [6.07, 6.45) is 2.81. The van der Waals surface area contributed by atoms with Gasteiger partial charge in [0.2, 0.25) is 0 Å². The zero-order valence-electron chi connectivity index (χ0n) is 10.5. The highest BCUT2D eigenvalue weighted by Crippen LogP contribution is 2.26. The lowest BCUT2D eigenvalue weighted by molar-refractivity contribution is -0.121. The maximum Gasteiger partial charge on any atom is 0.166 e. The van der Waals surface area contributed by atoms with Gasteiger partial charge in [-0.15, -0.1) is 0 Å². The zero-order chi connectivity index (χ0) is 12.4. The number of rotatable bonds is 2. The third-order valence-electron chi connectivity index (χ3n) is 3.72. The van der Waals surface area contributed by atoms with Crippen molar-refractivity contribution in [3.8, 4) is 0 Å². The molecule has 1 unspecified atom stereocenters. The summed E-state index contributed by atoms with van der Waals surface area (Å²) < 4.78 is 0. The summed E-state index contributed by atoms with van der Waals surface area (Å²) in [5.74, 6) is 0.302. The van der Waals surface area contributed by atoms with Gasteiger partial charge in [-0.3, -0.25) is 9.59 Å². The molecule has 0 aliphatic heterocycles. The molecule has 1 aliphatic carbocycles. The maximum absolute atomic E-state index is 12.4. The van der Waals surface area contributed by atoms with Crippen molar-refractivity contribution in [1.82, 2.24) is 0 Å². The fraction of sp³-hybridized carbons (Fsp3) is 0.467. The van der Waals surface area contributed by atoms with Crippen LogP contribution >= 0.6 is 0 Å². The van der Waals surface area contributed by atoms with Gasteiger partial charge in [0.25, 0.3) is 0 Å². The van der Waals surface area contributed by atoms with Crippen molar-refractivity contribution in [3.63, 3.8) is 0 Å². The van der Waals surface area contributed by atoms with Crippen LogP contribution in [-0.2, 0) is 4.79 Å². The summed E-state index contributed by atoms with van der Waals surface area (Å²) in [7, 11) is 0. The number of carbonyl (C=O) groups is 2. The Morgan fingerprint density at radius 2 is 2.06 bits per heavy atom. The van der Waals surface area contributed by atoms with Crippen molar-refractivity contribution in [2.75, 3.05) is 0 Å². The predicted molar refractivity (Wildman–Crippen MR) is 67.2 cm³/mol. The highest BCUT2D eigenvalue weighted by Gasteiger charge is 2.27. The van der Waals surface area contributed by atoms with Crippen molar-refractivity contribution in [1.29, 1.82) is 0 Å². The van der Waals surface area contributed by atoms with Crippen molar-refractivity contribution < 1.29 is 9.59 Å². The minimum atomic E-state index is -0.0863. The third kappa shape index (κ3) is 2.46. The maximum atomic E-state index is 12.4. The molecular weight excluding hydrogens is 212 g/mol. The van der Waals surface area contributed by atoms with Crippen LogP contribution in [0.2, 0.25) is 0 Å². The molecule has 2 nitrogen and oxygen atoms in total. The van der Waals surface area contributed by atoms with Gasteiger partial charge >= 0.3 is 0 Å². The second-order valence-corrected chi connectivity index (χ2v) is 4.94. The Hall–Kier alpha value is -1.44. The average Bonchev–Trinajstić information content (AvgIpc) is 2.32. The van der Waals surface area contributed by atoms with Crippen LogP contribution in [0.5, 0.6) is 0 Å². The Labute approximate surface area is 102 Å². The Balaban J connectivity index is 2.24. The highest BCUT2D eigenvalue weighted by molar-refractivity contribution is 6.01. The van der Waals surface area contributed by atoms with E-state index in [1.54, 1.807) is 0 Å². The van der Waals surface area contributed by atoms with Gasteiger partial charge in [0.15, 0.2) is 5.78 Å². The van der Waals surface area contributed by atoms with Gasteiger partial charge in [-0.25, -0.2) is 0 Å². The van der Waals surface area contributed by atoms with Gasteiger partial charge in [-0.1, -0.05) is 18.2 Å². The van der Waals surface area contributed by atoms with Crippen molar-refractivity contribution in [2.24, 2.45) is 5.92 Å². The minimum absolute atomic E-state index is 0.0863. The fourth-order valence-electron chi connectivity index (χ4n) is 2.49. The molecule has 0 amide bonds. The zero-order valence-corrected chi connectivity index (χ0v) is 10.5. The van der Waals surface area contributed by atoms with E-state index in [0.29, 0.717) is 12.8 Å². The normalized spacial score (nSPS) is 20.4. The molecule has 90 valence electrons. The van der Waals surface area contributed by atoms with Crippen LogP contribution < -0.4 is 0 Å². The second kappa shape index (κ2) is 4.82. The lowest BCUT2D eigenvalue weighted by Crippen LogP contribution is -2.23. The Kier molecular flexibility index (Phi) is 3.41. The SMILES string of the molecule is Cc1cccc(C(=O)C2CCCC(=O)C2)c1C. The van der Waals surface area contributed by atoms with Crippen LogP contribution in [0.25, 0.3) is 0 Å². The Bertz CT molecular complexity index is 460. The number of hydrogen-bond donors (Lipinski definition) is 0. The number of carbonyl (C=O) groups excluding carboxylic acids is 2. The van der Waals surface area contributed by atoms with Gasteiger partial charge in [0.05, 0.1) is 0 Å². The van der Waals surface area contributed by atoms with Crippen molar-refractivity contribution in [2.45, 2.75) is 39.5 Å². The van der Waals surface area contributed by atoms with Crippen LogP contribution in [-0.4, -0.2) is 11.6 Å². The number of aryl methyl sites for hydroxylation is 1. The Morgan fingerprint density at radius 1 is 1.29 bits per heavy atom. The first-order valence-corrected chi connectivity index (χ1v) is 6.21. The van der Waals surface area contributed by atoms with Crippen molar-refractivity contribution in [3.05, 3.63) is 34.9 Å². The molecule has 17 heavy (non-hydrogen) atoms.